The van der Waals surface area contributed by atoms with Gasteiger partial charge in [-0.15, -0.1) is 11.3 Å². The van der Waals surface area contributed by atoms with Crippen molar-refractivity contribution < 1.29 is 14.6 Å². The molecule has 0 amide bonds. The fraction of sp³-hybridized carbons (Fsp3) is 0.643. The van der Waals surface area contributed by atoms with E-state index in [2.05, 4.69) is 30.9 Å². The van der Waals surface area contributed by atoms with Crippen molar-refractivity contribution >= 4 is 17.3 Å². The zero-order valence-corrected chi connectivity index (χ0v) is 12.4. The van der Waals surface area contributed by atoms with Crippen molar-refractivity contribution in [1.29, 1.82) is 0 Å². The fourth-order valence-corrected chi connectivity index (χ4v) is 3.53. The highest BCUT2D eigenvalue weighted by molar-refractivity contribution is 7.12. The maximum Gasteiger partial charge on any atom is 0.310 e. The van der Waals surface area contributed by atoms with Gasteiger partial charge in [0.25, 0.3) is 0 Å². The lowest BCUT2D eigenvalue weighted by Crippen LogP contribution is -2.41. The predicted octanol–water partition coefficient (Wildman–Crippen LogP) is 2.40. The summed E-state index contributed by atoms with van der Waals surface area (Å²) in [4.78, 5) is 16.0. The Bertz CT molecular complexity index is 446. The van der Waals surface area contributed by atoms with Crippen LogP contribution in [0.2, 0.25) is 0 Å². The van der Waals surface area contributed by atoms with Gasteiger partial charge in [-0.25, -0.2) is 0 Å². The number of thiophene rings is 1. The summed E-state index contributed by atoms with van der Waals surface area (Å²) in [6.07, 6.45) is 1.05. The number of hydrogen-bond acceptors (Lipinski definition) is 4. The minimum Gasteiger partial charge on any atom is -0.481 e. The van der Waals surface area contributed by atoms with Gasteiger partial charge in [0.1, 0.15) is 0 Å². The van der Waals surface area contributed by atoms with E-state index in [0.717, 1.165) is 6.42 Å². The van der Waals surface area contributed by atoms with Crippen molar-refractivity contribution in [3.8, 4) is 0 Å². The number of rotatable bonds is 5. The Kier molecular flexibility index (Phi) is 4.60. The van der Waals surface area contributed by atoms with Gasteiger partial charge in [-0.3, -0.25) is 9.69 Å². The molecule has 1 N–H and O–H groups in total. The molecule has 3 atom stereocenters. The van der Waals surface area contributed by atoms with Gasteiger partial charge in [-0.2, -0.15) is 0 Å². The zero-order valence-electron chi connectivity index (χ0n) is 11.6. The van der Waals surface area contributed by atoms with Gasteiger partial charge in [0, 0.05) is 21.8 Å². The molecule has 1 aliphatic rings. The van der Waals surface area contributed by atoms with Gasteiger partial charge in [-0.05, 0) is 32.5 Å². The minimum absolute atomic E-state index is 0.0420. The second-order valence-electron chi connectivity index (χ2n) is 5.05. The maximum atomic E-state index is 11.2. The maximum absolute atomic E-state index is 11.2. The van der Waals surface area contributed by atoms with Crippen LogP contribution in [0.5, 0.6) is 0 Å². The van der Waals surface area contributed by atoms with Crippen LogP contribution in [0.4, 0.5) is 0 Å². The van der Waals surface area contributed by atoms with E-state index in [-0.39, 0.29) is 12.1 Å². The highest BCUT2D eigenvalue weighted by Crippen LogP contribution is 2.31. The number of nitrogens with zero attached hydrogens (tertiary/aromatic N) is 1. The Balaban J connectivity index is 2.09. The zero-order chi connectivity index (χ0) is 14.0. The van der Waals surface area contributed by atoms with E-state index in [1.807, 2.05) is 18.4 Å². The summed E-state index contributed by atoms with van der Waals surface area (Å²) in [5.74, 6) is -1.18. The quantitative estimate of drug-likeness (QED) is 0.901. The van der Waals surface area contributed by atoms with Crippen molar-refractivity contribution in [2.45, 2.75) is 32.4 Å². The third-order valence-corrected chi connectivity index (χ3v) is 5.34. The van der Waals surface area contributed by atoms with Crippen molar-refractivity contribution in [1.82, 2.24) is 4.90 Å². The monoisotopic (exact) mass is 283 g/mol. The molecular formula is C14H21NO3S. The summed E-state index contributed by atoms with van der Waals surface area (Å²) in [7, 11) is 1.99. The summed E-state index contributed by atoms with van der Waals surface area (Å²) in [6, 6.07) is 4.49. The molecule has 0 aliphatic carbocycles. The number of hydrogen-bond donors (Lipinski definition) is 1. The molecule has 3 unspecified atom stereocenters. The first-order chi connectivity index (χ1) is 9.04. The molecule has 1 fully saturated rings. The number of carbonyl (C=O) groups is 1. The first-order valence-corrected chi connectivity index (χ1v) is 7.47. The molecule has 1 aromatic rings. The fourth-order valence-electron chi connectivity index (χ4n) is 2.48. The third kappa shape index (κ3) is 2.99. The van der Waals surface area contributed by atoms with E-state index in [4.69, 9.17) is 4.74 Å². The SMILES string of the molecule is CCc1ccc(C(C)N(C)C2COCC2C(=O)O)s1. The molecule has 5 heteroatoms. The smallest absolute Gasteiger partial charge is 0.310 e. The van der Waals surface area contributed by atoms with Gasteiger partial charge in [0.2, 0.25) is 0 Å². The van der Waals surface area contributed by atoms with E-state index >= 15 is 0 Å². The Hall–Kier alpha value is -0.910. The van der Waals surface area contributed by atoms with E-state index < -0.39 is 11.9 Å². The molecule has 2 heterocycles. The van der Waals surface area contributed by atoms with E-state index in [9.17, 15) is 9.90 Å². The van der Waals surface area contributed by atoms with Gasteiger partial charge >= 0.3 is 5.97 Å². The lowest BCUT2D eigenvalue weighted by molar-refractivity contribution is -0.143. The van der Waals surface area contributed by atoms with Crippen LogP contribution in [0.1, 0.15) is 29.6 Å². The summed E-state index contributed by atoms with van der Waals surface area (Å²) in [5.41, 5.74) is 0. The molecule has 0 spiro atoms. The molecule has 1 saturated heterocycles. The number of aryl methyl sites for hydroxylation is 1. The number of carboxylic acid groups (broad SMARTS) is 1. The Morgan fingerprint density at radius 1 is 1.58 bits per heavy atom. The van der Waals surface area contributed by atoms with Crippen LogP contribution in [-0.4, -0.2) is 42.3 Å². The predicted molar refractivity (Wildman–Crippen MR) is 75.6 cm³/mol. The highest BCUT2D eigenvalue weighted by Gasteiger charge is 2.38. The topological polar surface area (TPSA) is 49.8 Å². The summed E-state index contributed by atoms with van der Waals surface area (Å²) < 4.78 is 5.35. The molecule has 2 rings (SSSR count). The largest absolute Gasteiger partial charge is 0.481 e. The molecule has 0 saturated carbocycles. The first-order valence-electron chi connectivity index (χ1n) is 6.65. The van der Waals surface area contributed by atoms with Crippen LogP contribution in [0.15, 0.2) is 12.1 Å². The number of likely N-dealkylation sites (N-methyl/N-ethyl adjacent to an activating group) is 1. The molecule has 0 aromatic carbocycles. The molecule has 19 heavy (non-hydrogen) atoms. The highest BCUT2D eigenvalue weighted by atomic mass is 32.1. The van der Waals surface area contributed by atoms with Gasteiger partial charge in [0.05, 0.1) is 19.1 Å². The summed E-state index contributed by atoms with van der Waals surface area (Å²) in [6.45, 7) is 5.10. The van der Waals surface area contributed by atoms with E-state index in [1.165, 1.54) is 9.75 Å². The molecule has 1 aromatic heterocycles. The van der Waals surface area contributed by atoms with Crippen molar-refractivity contribution in [2.75, 3.05) is 20.3 Å². The van der Waals surface area contributed by atoms with E-state index in [1.54, 1.807) is 0 Å². The lowest BCUT2D eigenvalue weighted by atomic mass is 10.0. The number of ether oxygens (including phenoxy) is 1. The normalized spacial score (nSPS) is 24.8. The molecule has 0 bridgehead atoms. The molecular weight excluding hydrogens is 262 g/mol. The van der Waals surface area contributed by atoms with Crippen molar-refractivity contribution in [3.05, 3.63) is 21.9 Å². The van der Waals surface area contributed by atoms with Gasteiger partial charge in [-0.1, -0.05) is 6.92 Å². The second kappa shape index (κ2) is 6.03. The molecule has 106 valence electrons. The van der Waals surface area contributed by atoms with Gasteiger partial charge in [0.15, 0.2) is 0 Å². The van der Waals surface area contributed by atoms with Crippen LogP contribution in [0.25, 0.3) is 0 Å². The number of aliphatic carboxylic acids is 1. The lowest BCUT2D eigenvalue weighted by Gasteiger charge is -2.31. The van der Waals surface area contributed by atoms with Crippen LogP contribution in [0.3, 0.4) is 0 Å². The first kappa shape index (κ1) is 14.5. The third-order valence-electron chi connectivity index (χ3n) is 3.94. The summed E-state index contributed by atoms with van der Waals surface area (Å²) >= 11 is 1.81. The number of carboxylic acids is 1. The van der Waals surface area contributed by atoms with Crippen LogP contribution in [-0.2, 0) is 16.0 Å². The summed E-state index contributed by atoms with van der Waals surface area (Å²) in [5, 5.41) is 9.22. The average Bonchev–Trinajstić information content (AvgIpc) is 3.05. The molecule has 4 nitrogen and oxygen atoms in total. The Morgan fingerprint density at radius 2 is 2.32 bits per heavy atom. The van der Waals surface area contributed by atoms with Crippen LogP contribution >= 0.6 is 11.3 Å². The van der Waals surface area contributed by atoms with Crippen LogP contribution < -0.4 is 0 Å². The van der Waals surface area contributed by atoms with E-state index in [0.29, 0.717) is 13.2 Å². The van der Waals surface area contributed by atoms with Gasteiger partial charge < -0.3 is 9.84 Å². The standard InChI is InChI=1S/C14H21NO3S/c1-4-10-5-6-13(19-10)9(2)15(3)12-8-18-7-11(12)14(16)17/h5-6,9,11-12H,4,7-8H2,1-3H3,(H,16,17). The molecule has 1 aliphatic heterocycles. The van der Waals surface area contributed by atoms with Crippen molar-refractivity contribution in [3.63, 3.8) is 0 Å². The molecule has 0 radical (unpaired) electrons. The second-order valence-corrected chi connectivity index (χ2v) is 6.25. The Morgan fingerprint density at radius 3 is 2.89 bits per heavy atom. The minimum atomic E-state index is -0.762. The van der Waals surface area contributed by atoms with Crippen molar-refractivity contribution in [2.24, 2.45) is 5.92 Å². The average molecular weight is 283 g/mol. The Labute approximate surface area is 118 Å². The van der Waals surface area contributed by atoms with Crippen LogP contribution in [0, 0.1) is 5.92 Å².